The van der Waals surface area contributed by atoms with Crippen LogP contribution in [0.3, 0.4) is 0 Å². The second-order valence-electron chi connectivity index (χ2n) is 10.7. The van der Waals surface area contributed by atoms with E-state index in [0.717, 1.165) is 70.3 Å². The molecule has 276 valence electrons. The second-order valence-corrected chi connectivity index (χ2v) is 10.7. The number of hydrogen-bond acceptors (Lipinski definition) is 5. The van der Waals surface area contributed by atoms with E-state index in [4.69, 9.17) is 9.47 Å². The first-order valence-electron chi connectivity index (χ1n) is 15.3. The monoisotopic (exact) mass is 716 g/mol. The summed E-state index contributed by atoms with van der Waals surface area (Å²) in [6.07, 6.45) is 0.924. The van der Waals surface area contributed by atoms with E-state index in [-0.39, 0.29) is 18.9 Å². The molecule has 0 saturated heterocycles. The number of amides is 2. The van der Waals surface area contributed by atoms with Gasteiger partial charge < -0.3 is 14.2 Å². The van der Waals surface area contributed by atoms with Gasteiger partial charge in [0.05, 0.1) is 24.6 Å². The van der Waals surface area contributed by atoms with Crippen molar-refractivity contribution < 1.29 is 72.1 Å². The summed E-state index contributed by atoms with van der Waals surface area (Å²) >= 11 is 0. The Morgan fingerprint density at radius 1 is 0.625 bits per heavy atom. The average molecular weight is 717 g/mol. The zero-order valence-electron chi connectivity index (χ0n) is 26.3. The number of unbranched alkanes of at least 4 members (excludes halogenated alkanes) is 10. The first-order valence-corrected chi connectivity index (χ1v) is 15.3. The number of ether oxygens (including phenoxy) is 3. The van der Waals surface area contributed by atoms with E-state index in [1.807, 2.05) is 13.8 Å². The van der Waals surface area contributed by atoms with Crippen LogP contribution in [-0.2, 0) is 9.47 Å². The molecule has 18 heteroatoms. The van der Waals surface area contributed by atoms with E-state index < -0.39 is 59.4 Å². The first-order chi connectivity index (χ1) is 22.3. The summed E-state index contributed by atoms with van der Waals surface area (Å²) < 4.78 is 160. The Balaban J connectivity index is 3.16. The highest BCUT2D eigenvalue weighted by molar-refractivity contribution is 5.95. The molecule has 0 spiro atoms. The first kappa shape index (κ1) is 42.6. The van der Waals surface area contributed by atoms with Gasteiger partial charge in [0.2, 0.25) is 5.83 Å². The molecule has 48 heavy (non-hydrogen) atoms. The molecule has 0 saturated carbocycles. The van der Waals surface area contributed by atoms with Crippen LogP contribution >= 0.6 is 0 Å². The summed E-state index contributed by atoms with van der Waals surface area (Å²) in [5.41, 5.74) is -0.802. The molecule has 0 atom stereocenters. The molecule has 2 amide bonds. The molecule has 0 aromatic heterocycles. The summed E-state index contributed by atoms with van der Waals surface area (Å²) in [7, 11) is 0. The fourth-order valence-electron chi connectivity index (χ4n) is 3.97. The summed E-state index contributed by atoms with van der Waals surface area (Å²) in [6, 6.07) is -1.28. The Bertz CT molecular complexity index is 1190. The minimum atomic E-state index is -7.49. The van der Waals surface area contributed by atoms with E-state index in [2.05, 4.69) is 15.4 Å². The highest BCUT2D eigenvalue weighted by atomic mass is 19.4. The lowest BCUT2D eigenvalue weighted by atomic mass is 10.0. The van der Waals surface area contributed by atoms with Crippen LogP contribution in [0.25, 0.3) is 0 Å². The van der Waals surface area contributed by atoms with Crippen molar-refractivity contribution in [1.29, 1.82) is 0 Å². The van der Waals surface area contributed by atoms with Gasteiger partial charge in [0.15, 0.2) is 0 Å². The minimum Gasteiger partial charge on any atom is -0.449 e. The number of carbonyl (C=O) groups excluding carboxylic acids is 2. The average Bonchev–Trinajstić information content (AvgIpc) is 3.00. The third-order valence-corrected chi connectivity index (χ3v) is 6.73. The summed E-state index contributed by atoms with van der Waals surface area (Å²) in [4.78, 5) is 24.6. The van der Waals surface area contributed by atoms with Crippen molar-refractivity contribution in [3.8, 4) is 5.75 Å². The van der Waals surface area contributed by atoms with Crippen LogP contribution in [-0.4, -0.2) is 49.3 Å². The fourth-order valence-corrected chi connectivity index (χ4v) is 3.97. The lowest BCUT2D eigenvalue weighted by Crippen LogP contribution is -2.61. The molecule has 0 bridgehead atoms. The van der Waals surface area contributed by atoms with Crippen LogP contribution in [0.4, 0.5) is 69.3 Å². The quantitative estimate of drug-likeness (QED) is 0.0751. The van der Waals surface area contributed by atoms with Crippen LogP contribution < -0.4 is 15.4 Å². The van der Waals surface area contributed by atoms with Gasteiger partial charge in [0.1, 0.15) is 5.75 Å². The van der Waals surface area contributed by atoms with E-state index in [0.29, 0.717) is 25.0 Å². The minimum absolute atomic E-state index is 0.00370. The topological polar surface area (TPSA) is 85.9 Å². The third-order valence-electron chi connectivity index (χ3n) is 6.73. The highest BCUT2D eigenvalue weighted by Crippen LogP contribution is 2.55. The van der Waals surface area contributed by atoms with Gasteiger partial charge in [-0.25, -0.2) is 9.59 Å². The van der Waals surface area contributed by atoms with Gasteiger partial charge in [-0.05, 0) is 25.0 Å². The smallest absolute Gasteiger partial charge is 0.449 e. The molecule has 0 fully saturated rings. The number of halogens is 11. The molecule has 0 radical (unpaired) electrons. The number of rotatable bonds is 21. The molecule has 1 aromatic rings. The van der Waals surface area contributed by atoms with Crippen LogP contribution in [0.2, 0.25) is 0 Å². The Morgan fingerprint density at radius 3 is 1.52 bits per heavy atom. The highest BCUT2D eigenvalue weighted by Gasteiger charge is 2.83. The second kappa shape index (κ2) is 19.5. The van der Waals surface area contributed by atoms with Gasteiger partial charge in [-0.2, -0.15) is 48.3 Å². The van der Waals surface area contributed by atoms with Gasteiger partial charge in [-0.15, -0.1) is 0 Å². The van der Waals surface area contributed by atoms with Crippen molar-refractivity contribution >= 4 is 23.6 Å². The molecule has 0 aliphatic carbocycles. The number of anilines is 2. The maximum atomic E-state index is 14.2. The molecule has 0 heterocycles. The van der Waals surface area contributed by atoms with Gasteiger partial charge in [-0.1, -0.05) is 78.1 Å². The van der Waals surface area contributed by atoms with Gasteiger partial charge >= 0.3 is 42.1 Å². The number of allylic oxidation sites excluding steroid dienone is 1. The largest absolute Gasteiger partial charge is 0.460 e. The number of hydrogen-bond donors (Lipinski definition) is 2. The number of alkyl halides is 9. The standard InChI is InChI=1S/C30H39F11N2O5/c1-3-5-7-9-11-13-17-46-25(44)42-21-16-15-20(19-22(21)43-26(45)47-18-14-12-10-8-6-4-2)48-24(32)23(31)27(33,34)28(35,36)29(37,38)30(39,40)41/h15-16,19H,3-14,17-18H2,1-2H3,(H,42,44)(H,43,45). The van der Waals surface area contributed by atoms with Gasteiger partial charge in [0, 0.05) is 6.07 Å². The number of benzene rings is 1. The lowest BCUT2D eigenvalue weighted by Gasteiger charge is -2.32. The molecule has 1 rings (SSSR count). The predicted molar refractivity (Wildman–Crippen MR) is 154 cm³/mol. The lowest BCUT2D eigenvalue weighted by molar-refractivity contribution is -0.392. The maximum absolute atomic E-state index is 14.2. The number of carbonyl (C=O) groups is 2. The van der Waals surface area contributed by atoms with Gasteiger partial charge in [-0.3, -0.25) is 10.6 Å². The van der Waals surface area contributed by atoms with Crippen molar-refractivity contribution in [2.24, 2.45) is 0 Å². The van der Waals surface area contributed by atoms with Crippen LogP contribution in [0, 0.1) is 0 Å². The van der Waals surface area contributed by atoms with Crippen molar-refractivity contribution in [2.45, 2.75) is 115 Å². The van der Waals surface area contributed by atoms with E-state index in [1.165, 1.54) is 0 Å². The number of nitrogens with one attached hydrogen (secondary N) is 2. The third kappa shape index (κ3) is 12.5. The zero-order chi connectivity index (χ0) is 36.6. The van der Waals surface area contributed by atoms with Crippen molar-refractivity contribution in [2.75, 3.05) is 23.8 Å². The van der Waals surface area contributed by atoms with E-state index >= 15 is 0 Å². The normalized spacial score (nSPS) is 13.1. The molecule has 2 N–H and O–H groups in total. The van der Waals surface area contributed by atoms with E-state index in [9.17, 15) is 57.9 Å². The van der Waals surface area contributed by atoms with Crippen LogP contribution in [0.15, 0.2) is 30.0 Å². The molecular formula is C30H39F11N2O5. The Labute approximate surface area is 270 Å². The molecule has 7 nitrogen and oxygen atoms in total. The van der Waals surface area contributed by atoms with Crippen LogP contribution in [0.1, 0.15) is 90.9 Å². The zero-order valence-corrected chi connectivity index (χ0v) is 26.3. The summed E-state index contributed by atoms with van der Waals surface area (Å²) in [6.45, 7) is 4.01. The maximum Gasteiger partial charge on any atom is 0.460 e. The molecule has 0 unspecified atom stereocenters. The van der Waals surface area contributed by atoms with Gasteiger partial charge in [0.25, 0.3) is 0 Å². The van der Waals surface area contributed by atoms with Crippen molar-refractivity contribution in [3.63, 3.8) is 0 Å². The molecule has 0 aliphatic rings. The van der Waals surface area contributed by atoms with Crippen molar-refractivity contribution in [3.05, 3.63) is 30.0 Å². The predicted octanol–water partition coefficient (Wildman–Crippen LogP) is 11.5. The van der Waals surface area contributed by atoms with E-state index in [1.54, 1.807) is 0 Å². The SMILES string of the molecule is CCCCCCCCOC(=O)Nc1ccc(OC(F)=C(F)C(F)(F)C(F)(F)C(F)(F)C(F)(F)F)cc1NC(=O)OCCCCCCCC. The Morgan fingerprint density at radius 2 is 1.06 bits per heavy atom. The van der Waals surface area contributed by atoms with Crippen LogP contribution in [0.5, 0.6) is 5.75 Å². The van der Waals surface area contributed by atoms with Crippen molar-refractivity contribution in [1.82, 2.24) is 0 Å². The Kier molecular flexibility index (Phi) is 17.3. The Hall–Kier alpha value is -3.47. The molecule has 1 aromatic carbocycles. The molecular weight excluding hydrogens is 677 g/mol. The molecule has 0 aliphatic heterocycles. The fraction of sp³-hybridized carbons (Fsp3) is 0.667. The summed E-state index contributed by atoms with van der Waals surface area (Å²) in [5, 5.41) is 4.35. The summed E-state index contributed by atoms with van der Waals surface area (Å²) in [5.74, 6) is -27.1.